The van der Waals surface area contributed by atoms with E-state index >= 15 is 0 Å². The topological polar surface area (TPSA) is 17.1 Å². The van der Waals surface area contributed by atoms with Gasteiger partial charge in [0.2, 0.25) is 6.29 Å². The highest BCUT2D eigenvalue weighted by molar-refractivity contribution is 5.66. The van der Waals surface area contributed by atoms with Gasteiger partial charge in [-0.2, -0.15) is 0 Å². The first-order valence-electron chi connectivity index (χ1n) is 2.61. The summed E-state index contributed by atoms with van der Waals surface area (Å²) < 4.78 is 0. The number of hydrogen-bond donors (Lipinski definition) is 0. The van der Waals surface area contributed by atoms with Crippen LogP contribution in [0.2, 0.25) is 0 Å². The van der Waals surface area contributed by atoms with Crippen LogP contribution in [0.5, 0.6) is 0 Å². The van der Waals surface area contributed by atoms with E-state index in [9.17, 15) is 4.79 Å². The Morgan fingerprint density at radius 3 is 2.75 bits per heavy atom. The monoisotopic (exact) mass is 109 g/mol. The zero-order chi connectivity index (χ0) is 6.24. The van der Waals surface area contributed by atoms with Gasteiger partial charge < -0.3 is 0 Å². The predicted molar refractivity (Wildman–Crippen MR) is 34.3 cm³/mol. The smallest absolute Gasteiger partial charge is 0.225 e. The van der Waals surface area contributed by atoms with E-state index in [-0.39, 0.29) is 0 Å². The third-order valence-corrected chi connectivity index (χ3v) is 0.647. The first kappa shape index (κ1) is 7.15. The van der Waals surface area contributed by atoms with Gasteiger partial charge in [0.25, 0.3) is 0 Å². The molecule has 0 aliphatic heterocycles. The minimum Gasteiger partial charge on any atom is -0.286 e. The fraction of sp³-hybridized carbons (Fsp3) is 0.286. The highest BCUT2D eigenvalue weighted by atomic mass is 16.1. The van der Waals surface area contributed by atoms with Crippen LogP contribution < -0.4 is 0 Å². The molecule has 0 N–H and O–H groups in total. The standard InChI is InChI=1S/C7H9O/c1-2-3-4-5-6-7-8/h3-6H,2H2,1H3. The molecule has 0 rings (SSSR count). The van der Waals surface area contributed by atoms with Crippen molar-refractivity contribution < 1.29 is 4.79 Å². The number of allylic oxidation sites excluding steroid dienone is 4. The Morgan fingerprint density at radius 2 is 2.25 bits per heavy atom. The Hall–Kier alpha value is -0.850. The summed E-state index contributed by atoms with van der Waals surface area (Å²) in [6.45, 7) is 2.04. The summed E-state index contributed by atoms with van der Waals surface area (Å²) in [4.78, 5) is 9.52. The van der Waals surface area contributed by atoms with Crippen LogP contribution in [-0.4, -0.2) is 6.29 Å². The van der Waals surface area contributed by atoms with E-state index in [0.29, 0.717) is 0 Å². The van der Waals surface area contributed by atoms with Gasteiger partial charge >= 0.3 is 0 Å². The van der Waals surface area contributed by atoms with Gasteiger partial charge in [0, 0.05) is 0 Å². The first-order valence-corrected chi connectivity index (χ1v) is 2.61. The van der Waals surface area contributed by atoms with Gasteiger partial charge in [-0.05, 0) is 12.5 Å². The van der Waals surface area contributed by atoms with Gasteiger partial charge in [-0.1, -0.05) is 25.2 Å². The fourth-order valence-electron chi connectivity index (χ4n) is 0.309. The minimum absolute atomic E-state index is 1.00. The molecule has 1 heteroatoms. The highest BCUT2D eigenvalue weighted by Crippen LogP contribution is 1.79. The molecule has 0 aliphatic carbocycles. The van der Waals surface area contributed by atoms with Crippen molar-refractivity contribution in [2.24, 2.45) is 0 Å². The summed E-state index contributed by atoms with van der Waals surface area (Å²) >= 11 is 0. The van der Waals surface area contributed by atoms with Gasteiger partial charge in [-0.25, -0.2) is 0 Å². The summed E-state index contributed by atoms with van der Waals surface area (Å²) in [7, 11) is 0. The molecule has 0 fully saturated rings. The maximum absolute atomic E-state index is 9.52. The molecule has 0 atom stereocenters. The normalized spacial score (nSPS) is 11.1. The summed E-state index contributed by atoms with van der Waals surface area (Å²) in [5.41, 5.74) is 0. The summed E-state index contributed by atoms with van der Waals surface area (Å²) in [6.07, 6.45) is 9.44. The van der Waals surface area contributed by atoms with Crippen molar-refractivity contribution in [2.45, 2.75) is 13.3 Å². The van der Waals surface area contributed by atoms with E-state index < -0.39 is 0 Å². The molecular weight excluding hydrogens is 100 g/mol. The highest BCUT2D eigenvalue weighted by Gasteiger charge is 1.62. The van der Waals surface area contributed by atoms with Crippen LogP contribution in [-0.2, 0) is 4.79 Å². The second-order valence-electron chi connectivity index (χ2n) is 1.31. The zero-order valence-electron chi connectivity index (χ0n) is 4.92. The van der Waals surface area contributed by atoms with Crippen molar-refractivity contribution in [3.05, 3.63) is 24.3 Å². The SMILES string of the molecule is CCC=CC=C[C]=O. The Balaban J connectivity index is 3.26. The lowest BCUT2D eigenvalue weighted by atomic mass is 10.4. The van der Waals surface area contributed by atoms with Gasteiger partial charge in [-0.15, -0.1) is 0 Å². The van der Waals surface area contributed by atoms with E-state index in [4.69, 9.17) is 0 Å². The molecule has 0 heterocycles. The van der Waals surface area contributed by atoms with E-state index in [2.05, 4.69) is 0 Å². The lowest BCUT2D eigenvalue weighted by molar-refractivity contribution is 0.564. The largest absolute Gasteiger partial charge is 0.286 e. The zero-order valence-corrected chi connectivity index (χ0v) is 4.92. The average molecular weight is 109 g/mol. The van der Waals surface area contributed by atoms with Crippen LogP contribution in [0.3, 0.4) is 0 Å². The van der Waals surface area contributed by atoms with Crippen molar-refractivity contribution in [3.8, 4) is 0 Å². The molecule has 0 saturated heterocycles. The Morgan fingerprint density at radius 1 is 1.50 bits per heavy atom. The molecular formula is C7H9O. The van der Waals surface area contributed by atoms with Gasteiger partial charge in [0.1, 0.15) is 0 Å². The summed E-state index contributed by atoms with van der Waals surface area (Å²) in [5.74, 6) is 0. The van der Waals surface area contributed by atoms with Crippen molar-refractivity contribution >= 4 is 6.29 Å². The molecule has 0 aliphatic rings. The van der Waals surface area contributed by atoms with Gasteiger partial charge in [-0.3, -0.25) is 4.79 Å². The molecule has 43 valence electrons. The van der Waals surface area contributed by atoms with Crippen LogP contribution in [0.25, 0.3) is 0 Å². The Bertz CT molecular complexity index is 101. The van der Waals surface area contributed by atoms with E-state index in [1.807, 2.05) is 19.1 Å². The minimum atomic E-state index is 1.00. The second-order valence-corrected chi connectivity index (χ2v) is 1.31. The first-order chi connectivity index (χ1) is 3.91. The van der Waals surface area contributed by atoms with E-state index in [1.165, 1.54) is 6.08 Å². The molecule has 0 bridgehead atoms. The number of hydrogen-bond acceptors (Lipinski definition) is 1. The molecule has 0 spiro atoms. The quantitative estimate of drug-likeness (QED) is 0.397. The van der Waals surface area contributed by atoms with E-state index in [0.717, 1.165) is 6.42 Å². The molecule has 8 heavy (non-hydrogen) atoms. The second kappa shape index (κ2) is 6.15. The lowest BCUT2D eigenvalue weighted by Crippen LogP contribution is -1.55. The number of rotatable bonds is 3. The molecule has 0 unspecified atom stereocenters. The molecule has 0 aromatic heterocycles. The lowest BCUT2D eigenvalue weighted by Gasteiger charge is -1.69. The van der Waals surface area contributed by atoms with Crippen molar-refractivity contribution in [3.63, 3.8) is 0 Å². The molecule has 0 aromatic carbocycles. The molecule has 0 saturated carbocycles. The third-order valence-electron chi connectivity index (χ3n) is 0.647. The van der Waals surface area contributed by atoms with Gasteiger partial charge in [0.15, 0.2) is 0 Å². The maximum atomic E-state index is 9.52. The number of carbonyl (C=O) groups excluding carboxylic acids is 1. The third kappa shape index (κ3) is 5.15. The van der Waals surface area contributed by atoms with Crippen LogP contribution in [0.4, 0.5) is 0 Å². The van der Waals surface area contributed by atoms with Crippen molar-refractivity contribution in [1.29, 1.82) is 0 Å². The van der Waals surface area contributed by atoms with Crippen molar-refractivity contribution in [1.82, 2.24) is 0 Å². The van der Waals surface area contributed by atoms with Crippen LogP contribution in [0, 0.1) is 0 Å². The van der Waals surface area contributed by atoms with E-state index in [1.54, 1.807) is 12.4 Å². The summed E-state index contributed by atoms with van der Waals surface area (Å²) in [6, 6.07) is 0. The Labute approximate surface area is 49.7 Å². The van der Waals surface area contributed by atoms with Crippen LogP contribution in [0.15, 0.2) is 24.3 Å². The molecule has 0 aromatic rings. The average Bonchev–Trinajstić information content (AvgIpc) is 1.81. The predicted octanol–water partition coefficient (Wildman–Crippen LogP) is 1.62. The molecule has 1 radical (unpaired) electrons. The maximum Gasteiger partial charge on any atom is 0.225 e. The van der Waals surface area contributed by atoms with Crippen LogP contribution in [0.1, 0.15) is 13.3 Å². The van der Waals surface area contributed by atoms with Crippen molar-refractivity contribution in [2.75, 3.05) is 0 Å². The fourth-order valence-corrected chi connectivity index (χ4v) is 0.309. The Kier molecular flexibility index (Phi) is 5.50. The van der Waals surface area contributed by atoms with Crippen LogP contribution >= 0.6 is 0 Å². The van der Waals surface area contributed by atoms with Gasteiger partial charge in [0.05, 0.1) is 0 Å². The molecule has 1 nitrogen and oxygen atoms in total. The molecule has 0 amide bonds. The summed E-state index contributed by atoms with van der Waals surface area (Å²) in [5, 5.41) is 0.